The van der Waals surface area contributed by atoms with Crippen molar-refractivity contribution in [2.75, 3.05) is 19.5 Å². The SMILES string of the molecule is COc1ccc(OC)c(C(=O)Nc2n[nH]c(C)n2)c1. The largest absolute Gasteiger partial charge is 0.497 e. The summed E-state index contributed by atoms with van der Waals surface area (Å²) in [4.78, 5) is 16.1. The van der Waals surface area contributed by atoms with Gasteiger partial charge < -0.3 is 9.47 Å². The van der Waals surface area contributed by atoms with E-state index >= 15 is 0 Å². The summed E-state index contributed by atoms with van der Waals surface area (Å²) in [5.74, 6) is 1.48. The number of H-pyrrole nitrogens is 1. The lowest BCUT2D eigenvalue weighted by molar-refractivity contribution is 0.102. The number of ether oxygens (including phenoxy) is 2. The highest BCUT2D eigenvalue weighted by Gasteiger charge is 2.15. The second-order valence-electron chi connectivity index (χ2n) is 3.76. The molecule has 0 aliphatic carbocycles. The highest BCUT2D eigenvalue weighted by atomic mass is 16.5. The number of carbonyl (C=O) groups is 1. The van der Waals surface area contributed by atoms with Crippen LogP contribution in [0.3, 0.4) is 0 Å². The number of carbonyl (C=O) groups excluding carboxylic acids is 1. The Hall–Kier alpha value is -2.57. The molecule has 1 aromatic heterocycles. The molecule has 0 unspecified atom stereocenters. The molecule has 7 heteroatoms. The maximum absolute atomic E-state index is 12.1. The summed E-state index contributed by atoms with van der Waals surface area (Å²) in [6.45, 7) is 1.74. The molecule has 2 rings (SSSR count). The molecule has 0 saturated carbocycles. The van der Waals surface area contributed by atoms with Gasteiger partial charge in [0.2, 0.25) is 5.95 Å². The van der Waals surface area contributed by atoms with E-state index in [2.05, 4.69) is 20.5 Å². The fourth-order valence-electron chi connectivity index (χ4n) is 1.56. The Balaban J connectivity index is 2.26. The summed E-state index contributed by atoms with van der Waals surface area (Å²) in [6.07, 6.45) is 0. The van der Waals surface area contributed by atoms with Gasteiger partial charge in [0.1, 0.15) is 17.3 Å². The molecule has 0 fully saturated rings. The Kier molecular flexibility index (Phi) is 3.65. The summed E-state index contributed by atoms with van der Waals surface area (Å²) in [5, 5.41) is 9.06. The van der Waals surface area contributed by atoms with Gasteiger partial charge in [-0.3, -0.25) is 15.2 Å². The maximum atomic E-state index is 12.1. The van der Waals surface area contributed by atoms with Crippen LogP contribution >= 0.6 is 0 Å². The minimum atomic E-state index is -0.366. The van der Waals surface area contributed by atoms with Crippen LogP contribution in [0.2, 0.25) is 0 Å². The molecule has 2 N–H and O–H groups in total. The number of anilines is 1. The highest BCUT2D eigenvalue weighted by molar-refractivity contribution is 6.05. The van der Waals surface area contributed by atoms with Crippen LogP contribution < -0.4 is 14.8 Å². The zero-order chi connectivity index (χ0) is 13.8. The van der Waals surface area contributed by atoms with Crippen molar-refractivity contribution in [1.29, 1.82) is 0 Å². The van der Waals surface area contributed by atoms with Gasteiger partial charge in [0.05, 0.1) is 19.8 Å². The van der Waals surface area contributed by atoms with Gasteiger partial charge in [0, 0.05) is 0 Å². The molecule has 19 heavy (non-hydrogen) atoms. The zero-order valence-electron chi connectivity index (χ0n) is 10.9. The van der Waals surface area contributed by atoms with Gasteiger partial charge in [-0.15, -0.1) is 5.10 Å². The fraction of sp³-hybridized carbons (Fsp3) is 0.250. The quantitative estimate of drug-likeness (QED) is 0.869. The average Bonchev–Trinajstić information content (AvgIpc) is 2.83. The topological polar surface area (TPSA) is 89.1 Å². The van der Waals surface area contributed by atoms with Crippen LogP contribution in [0.1, 0.15) is 16.2 Å². The molecule has 0 aliphatic heterocycles. The number of aryl methyl sites for hydroxylation is 1. The number of hydrogen-bond acceptors (Lipinski definition) is 5. The van der Waals surface area contributed by atoms with Gasteiger partial charge in [-0.1, -0.05) is 0 Å². The van der Waals surface area contributed by atoms with E-state index < -0.39 is 0 Å². The predicted molar refractivity (Wildman–Crippen MR) is 68.6 cm³/mol. The smallest absolute Gasteiger partial charge is 0.261 e. The first-order chi connectivity index (χ1) is 9.13. The van der Waals surface area contributed by atoms with E-state index in [0.717, 1.165) is 0 Å². The monoisotopic (exact) mass is 262 g/mol. The molecule has 1 aromatic carbocycles. The van der Waals surface area contributed by atoms with Crippen molar-refractivity contribution >= 4 is 11.9 Å². The molecule has 7 nitrogen and oxygen atoms in total. The molecular formula is C12H14N4O3. The molecule has 0 bridgehead atoms. The summed E-state index contributed by atoms with van der Waals surface area (Å²) < 4.78 is 10.2. The molecule has 0 aliphatic rings. The maximum Gasteiger partial charge on any atom is 0.261 e. The van der Waals surface area contributed by atoms with E-state index in [9.17, 15) is 4.79 Å². The van der Waals surface area contributed by atoms with Crippen LogP contribution in [-0.4, -0.2) is 35.3 Å². The number of methoxy groups -OCH3 is 2. The third kappa shape index (κ3) is 2.82. The van der Waals surface area contributed by atoms with E-state index in [1.165, 1.54) is 14.2 Å². The van der Waals surface area contributed by atoms with Crippen molar-refractivity contribution < 1.29 is 14.3 Å². The molecule has 0 atom stereocenters. The Morgan fingerprint density at radius 2 is 2.11 bits per heavy atom. The molecular weight excluding hydrogens is 248 g/mol. The lowest BCUT2D eigenvalue weighted by Gasteiger charge is -2.09. The van der Waals surface area contributed by atoms with Crippen LogP contribution in [0, 0.1) is 6.92 Å². The van der Waals surface area contributed by atoms with Crippen molar-refractivity contribution in [1.82, 2.24) is 15.2 Å². The number of benzene rings is 1. The Morgan fingerprint density at radius 3 is 2.68 bits per heavy atom. The molecule has 0 radical (unpaired) electrons. The molecule has 0 spiro atoms. The number of aromatic nitrogens is 3. The minimum absolute atomic E-state index is 0.215. The number of nitrogens with one attached hydrogen (secondary N) is 2. The third-order valence-electron chi connectivity index (χ3n) is 2.47. The first-order valence-electron chi connectivity index (χ1n) is 5.56. The lowest BCUT2D eigenvalue weighted by Crippen LogP contribution is -2.14. The second kappa shape index (κ2) is 5.38. The van der Waals surface area contributed by atoms with Gasteiger partial charge in [-0.05, 0) is 25.1 Å². The fourth-order valence-corrected chi connectivity index (χ4v) is 1.56. The summed E-state index contributed by atoms with van der Waals surface area (Å²) in [5.41, 5.74) is 0.351. The van der Waals surface area contributed by atoms with E-state index in [1.807, 2.05) is 0 Å². The third-order valence-corrected chi connectivity index (χ3v) is 2.47. The zero-order valence-corrected chi connectivity index (χ0v) is 10.9. The lowest BCUT2D eigenvalue weighted by atomic mass is 10.1. The van der Waals surface area contributed by atoms with Crippen LogP contribution in [0.15, 0.2) is 18.2 Å². The van der Waals surface area contributed by atoms with Gasteiger partial charge >= 0.3 is 0 Å². The molecule has 100 valence electrons. The second-order valence-corrected chi connectivity index (χ2v) is 3.76. The number of aromatic amines is 1. The Bertz CT molecular complexity index is 594. The number of nitrogens with zero attached hydrogens (tertiary/aromatic N) is 2. The number of rotatable bonds is 4. The van der Waals surface area contributed by atoms with E-state index in [1.54, 1.807) is 25.1 Å². The highest BCUT2D eigenvalue weighted by Crippen LogP contribution is 2.24. The van der Waals surface area contributed by atoms with Gasteiger partial charge in [-0.2, -0.15) is 4.98 Å². The Morgan fingerprint density at radius 1 is 1.32 bits per heavy atom. The van der Waals surface area contributed by atoms with Crippen molar-refractivity contribution in [3.8, 4) is 11.5 Å². The minimum Gasteiger partial charge on any atom is -0.497 e. The van der Waals surface area contributed by atoms with Crippen molar-refractivity contribution in [3.63, 3.8) is 0 Å². The van der Waals surface area contributed by atoms with E-state index in [0.29, 0.717) is 22.9 Å². The standard InChI is InChI=1S/C12H14N4O3/c1-7-13-12(16-15-7)14-11(17)9-6-8(18-2)4-5-10(9)19-3/h4-6H,1-3H3,(H2,13,14,15,16,17). The van der Waals surface area contributed by atoms with Crippen LogP contribution in [0.5, 0.6) is 11.5 Å². The molecule has 2 aromatic rings. The predicted octanol–water partition coefficient (Wildman–Crippen LogP) is 1.38. The van der Waals surface area contributed by atoms with Crippen LogP contribution in [0.4, 0.5) is 5.95 Å². The van der Waals surface area contributed by atoms with Crippen molar-refractivity contribution in [3.05, 3.63) is 29.6 Å². The van der Waals surface area contributed by atoms with Crippen LogP contribution in [0.25, 0.3) is 0 Å². The van der Waals surface area contributed by atoms with Gasteiger partial charge in [-0.25, -0.2) is 0 Å². The summed E-state index contributed by atoms with van der Waals surface area (Å²) in [6, 6.07) is 4.97. The first kappa shape index (κ1) is 12.9. The molecule has 1 amide bonds. The van der Waals surface area contributed by atoms with Crippen molar-refractivity contribution in [2.24, 2.45) is 0 Å². The normalized spacial score (nSPS) is 10.1. The Labute approximate surface area is 110 Å². The first-order valence-corrected chi connectivity index (χ1v) is 5.56. The molecule has 0 saturated heterocycles. The summed E-state index contributed by atoms with van der Waals surface area (Å²) >= 11 is 0. The number of amides is 1. The van der Waals surface area contributed by atoms with E-state index in [-0.39, 0.29) is 11.9 Å². The van der Waals surface area contributed by atoms with Gasteiger partial charge in [0.25, 0.3) is 5.91 Å². The van der Waals surface area contributed by atoms with Crippen molar-refractivity contribution in [2.45, 2.75) is 6.92 Å². The number of hydrogen-bond donors (Lipinski definition) is 2. The van der Waals surface area contributed by atoms with Crippen LogP contribution in [-0.2, 0) is 0 Å². The van der Waals surface area contributed by atoms with E-state index in [4.69, 9.17) is 9.47 Å². The van der Waals surface area contributed by atoms with Gasteiger partial charge in [0.15, 0.2) is 0 Å². The average molecular weight is 262 g/mol. The molecule has 1 heterocycles. The summed E-state index contributed by atoms with van der Waals surface area (Å²) in [7, 11) is 3.03.